The van der Waals surface area contributed by atoms with Gasteiger partial charge < -0.3 is 44.4 Å². The third-order valence-electron chi connectivity index (χ3n) is 3.52. The third kappa shape index (κ3) is 8.13. The molecule has 7 atom stereocenters. The van der Waals surface area contributed by atoms with Crippen molar-refractivity contribution in [3.63, 3.8) is 0 Å². The predicted molar refractivity (Wildman–Crippen MR) is 89.0 cm³/mol. The van der Waals surface area contributed by atoms with Gasteiger partial charge in [-0.1, -0.05) is 0 Å². The summed E-state index contributed by atoms with van der Waals surface area (Å²) < 4.78 is 55.8. The van der Waals surface area contributed by atoms with Crippen LogP contribution in [0.15, 0.2) is 17.1 Å². The van der Waals surface area contributed by atoms with Gasteiger partial charge in [-0.05, 0) is 6.07 Å². The van der Waals surface area contributed by atoms with E-state index in [0.717, 1.165) is 4.57 Å². The molecular weight excluding hydrogens is 486 g/mol. The summed E-state index contributed by atoms with van der Waals surface area (Å²) >= 11 is 0. The zero-order valence-corrected chi connectivity index (χ0v) is 18.5. The number of phosphoric acid groups is 3. The van der Waals surface area contributed by atoms with Crippen LogP contribution in [0.2, 0.25) is 0 Å². The molecule has 0 radical (unpaired) electrons. The Balaban J connectivity index is 0.00000480. The van der Waals surface area contributed by atoms with Crippen molar-refractivity contribution in [3.8, 4) is 0 Å². The first-order valence-electron chi connectivity index (χ1n) is 7.60. The molecule has 21 heteroatoms. The molecule has 0 aliphatic carbocycles. The minimum atomic E-state index is -5.82. The number of hydrogen-bond donors (Lipinski definition) is 4. The number of aliphatic hydroxyl groups is 1. The zero-order chi connectivity index (χ0) is 22.9. The van der Waals surface area contributed by atoms with Crippen molar-refractivity contribution in [2.45, 2.75) is 24.5 Å². The SMILES string of the molecule is CO[C@@H]1[C@H](O)[C@@H](COP(=O)([O-])OP(=O)(O)OP(=O)([O-])O)O[C@H]1n1ccc(N)nc1=O.[Li+]. The quantitative estimate of drug-likeness (QED) is 0.181. The molecule has 1 aliphatic heterocycles. The molecule has 1 aliphatic rings. The summed E-state index contributed by atoms with van der Waals surface area (Å²) in [4.78, 5) is 54.9. The summed E-state index contributed by atoms with van der Waals surface area (Å²) in [6.07, 6.45) is -4.30. The number of rotatable bonds is 9. The molecule has 0 aromatic carbocycles. The van der Waals surface area contributed by atoms with Crippen molar-refractivity contribution in [2.24, 2.45) is 0 Å². The monoisotopic (exact) mass is 502 g/mol. The van der Waals surface area contributed by atoms with Crippen LogP contribution in [0, 0.1) is 0 Å². The van der Waals surface area contributed by atoms with E-state index in [1.807, 2.05) is 0 Å². The molecule has 17 nitrogen and oxygen atoms in total. The maximum absolute atomic E-state index is 12.0. The average molecular weight is 502 g/mol. The Kier molecular flexibility index (Phi) is 9.84. The number of ether oxygens (including phenoxy) is 2. The Labute approximate surface area is 185 Å². The van der Waals surface area contributed by atoms with E-state index in [1.165, 1.54) is 19.4 Å². The van der Waals surface area contributed by atoms with Crippen LogP contribution >= 0.6 is 23.5 Å². The van der Waals surface area contributed by atoms with Gasteiger partial charge in [0.15, 0.2) is 6.23 Å². The van der Waals surface area contributed by atoms with Crippen LogP contribution in [-0.4, -0.2) is 56.5 Å². The van der Waals surface area contributed by atoms with Crippen LogP contribution in [-0.2, 0) is 36.3 Å². The summed E-state index contributed by atoms with van der Waals surface area (Å²) in [5.41, 5.74) is 4.52. The van der Waals surface area contributed by atoms with Crippen molar-refractivity contribution in [1.82, 2.24) is 9.55 Å². The maximum atomic E-state index is 12.0. The zero-order valence-electron chi connectivity index (χ0n) is 15.8. The minimum Gasteiger partial charge on any atom is -0.756 e. The Hall–Kier alpha value is -0.433. The Bertz CT molecular complexity index is 969. The first-order valence-corrected chi connectivity index (χ1v) is 12.0. The molecule has 3 unspecified atom stereocenters. The third-order valence-corrected chi connectivity index (χ3v) is 7.26. The van der Waals surface area contributed by atoms with Gasteiger partial charge in [0, 0.05) is 13.3 Å². The molecular formula is C10H16LiN3O14P3-. The second-order valence-corrected chi connectivity index (χ2v) is 9.97. The molecule has 0 amide bonds. The second kappa shape index (κ2) is 10.7. The number of anilines is 1. The van der Waals surface area contributed by atoms with Gasteiger partial charge in [0.25, 0.3) is 15.6 Å². The van der Waals surface area contributed by atoms with E-state index in [-0.39, 0.29) is 24.7 Å². The molecule has 172 valence electrons. The van der Waals surface area contributed by atoms with Gasteiger partial charge in [-0.15, -0.1) is 0 Å². The molecule has 1 aromatic heterocycles. The summed E-state index contributed by atoms with van der Waals surface area (Å²) in [7, 11) is -16.2. The van der Waals surface area contributed by atoms with Crippen molar-refractivity contribution >= 4 is 29.3 Å². The Morgan fingerprint density at radius 3 is 2.42 bits per heavy atom. The molecule has 0 bridgehead atoms. The fourth-order valence-corrected chi connectivity index (χ4v) is 5.37. The van der Waals surface area contributed by atoms with E-state index in [4.69, 9.17) is 25.0 Å². The fraction of sp³-hybridized carbons (Fsp3) is 0.600. The van der Waals surface area contributed by atoms with Crippen LogP contribution in [0.4, 0.5) is 5.82 Å². The van der Waals surface area contributed by atoms with Crippen molar-refractivity contribution in [2.75, 3.05) is 19.5 Å². The number of phosphoric ester groups is 1. The van der Waals surface area contributed by atoms with Crippen LogP contribution in [0.1, 0.15) is 6.23 Å². The maximum Gasteiger partial charge on any atom is 1.00 e. The van der Waals surface area contributed by atoms with Gasteiger partial charge in [0.1, 0.15) is 24.1 Å². The normalized spacial score (nSPS) is 29.4. The number of aromatic nitrogens is 2. The largest absolute Gasteiger partial charge is 1.00 e. The summed E-state index contributed by atoms with van der Waals surface area (Å²) in [6, 6.07) is 1.25. The van der Waals surface area contributed by atoms with Crippen LogP contribution in [0.3, 0.4) is 0 Å². The molecule has 0 saturated carbocycles. The number of nitrogens with two attached hydrogens (primary N) is 1. The Morgan fingerprint density at radius 2 is 1.90 bits per heavy atom. The number of aliphatic hydroxyl groups excluding tert-OH is 1. The average Bonchev–Trinajstić information content (AvgIpc) is 2.85. The van der Waals surface area contributed by atoms with Gasteiger partial charge in [-0.3, -0.25) is 13.7 Å². The predicted octanol–water partition coefficient (Wildman–Crippen LogP) is -5.82. The number of hydrogen-bond acceptors (Lipinski definition) is 14. The van der Waals surface area contributed by atoms with Gasteiger partial charge in [0.05, 0.1) is 6.61 Å². The molecule has 0 spiro atoms. The Morgan fingerprint density at radius 1 is 1.29 bits per heavy atom. The van der Waals surface area contributed by atoms with E-state index in [1.54, 1.807) is 0 Å². The van der Waals surface area contributed by atoms with Crippen molar-refractivity contribution in [3.05, 3.63) is 22.7 Å². The standard InChI is InChI=1S/C10H18N3O14P3.Li/c1-23-8-7(14)5(25-9(8)13-3-2-6(11)12-10(13)15)4-24-29(19,20)27-30(21,22)26-28(16,17)18;/h2-3,5,7-9,14H,4H2,1H3,(H,19,20)(H,21,22)(H2,11,12,15)(H2,16,17,18);/q;+1/p-2/t5-,7-,8-,9-;/m1./s1. The first-order chi connectivity index (χ1) is 13.6. The number of nitrogens with zero attached hydrogens (tertiary/aromatic N) is 2. The van der Waals surface area contributed by atoms with E-state index in [2.05, 4.69) is 18.1 Å². The number of nitrogen functional groups attached to an aromatic ring is 1. The first kappa shape index (κ1) is 28.6. The van der Waals surface area contributed by atoms with Gasteiger partial charge in [0.2, 0.25) is 0 Å². The van der Waals surface area contributed by atoms with E-state index in [0.29, 0.717) is 0 Å². The molecule has 1 aromatic rings. The van der Waals surface area contributed by atoms with Crippen molar-refractivity contribution in [1.29, 1.82) is 0 Å². The molecule has 1 saturated heterocycles. The van der Waals surface area contributed by atoms with Crippen LogP contribution < -0.4 is 40.1 Å². The van der Waals surface area contributed by atoms with E-state index in [9.17, 15) is 33.4 Å². The fourth-order valence-electron chi connectivity index (χ4n) is 2.41. The molecule has 31 heavy (non-hydrogen) atoms. The van der Waals surface area contributed by atoms with Crippen molar-refractivity contribution < 1.29 is 79.9 Å². The topological polar surface area (TPSA) is 265 Å². The molecule has 2 rings (SSSR count). The molecule has 1 fully saturated rings. The summed E-state index contributed by atoms with van der Waals surface area (Å²) in [5.74, 6) is -0.0887. The summed E-state index contributed by atoms with van der Waals surface area (Å²) in [5, 5.41) is 10.2. The second-order valence-electron chi connectivity index (χ2n) is 5.64. The minimum absolute atomic E-state index is 0. The van der Waals surface area contributed by atoms with Gasteiger partial charge >= 0.3 is 32.4 Å². The van der Waals surface area contributed by atoms with Gasteiger partial charge in [-0.25, -0.2) is 18.0 Å². The molecule has 5 N–H and O–H groups in total. The van der Waals surface area contributed by atoms with Gasteiger partial charge in [-0.2, -0.15) is 4.98 Å². The summed E-state index contributed by atoms with van der Waals surface area (Å²) in [6.45, 7) is -1.01. The van der Waals surface area contributed by atoms with E-state index < -0.39 is 60.3 Å². The van der Waals surface area contributed by atoms with E-state index >= 15 is 0 Å². The van der Waals surface area contributed by atoms with Crippen LogP contribution in [0.25, 0.3) is 0 Å². The smallest absolute Gasteiger partial charge is 0.756 e. The van der Waals surface area contributed by atoms with Crippen LogP contribution in [0.5, 0.6) is 0 Å². The molecule has 2 heterocycles. The number of methoxy groups -OCH3 is 1.